The minimum absolute atomic E-state index is 0.433. The fourth-order valence-corrected chi connectivity index (χ4v) is 2.71. The average Bonchev–Trinajstić information content (AvgIpc) is 2.63. The molecule has 2 rings (SSSR count). The molecule has 0 saturated carbocycles. The Labute approximate surface area is 122 Å². The van der Waals surface area contributed by atoms with Crippen LogP contribution in [-0.2, 0) is 4.74 Å². The van der Waals surface area contributed by atoms with E-state index in [2.05, 4.69) is 47.7 Å². The molecular formula is C15H26N4O. The van der Waals surface area contributed by atoms with E-state index in [1.54, 1.807) is 6.33 Å². The van der Waals surface area contributed by atoms with Gasteiger partial charge in [0.25, 0.3) is 0 Å². The van der Waals surface area contributed by atoms with Gasteiger partial charge in [-0.3, -0.25) is 0 Å². The molecule has 0 spiro atoms. The van der Waals surface area contributed by atoms with Crippen LogP contribution in [0.15, 0.2) is 12.5 Å². The number of hydrogen-bond acceptors (Lipinski definition) is 5. The second-order valence-electron chi connectivity index (χ2n) is 6.11. The smallest absolute Gasteiger partial charge is 0.135 e. The Hall–Kier alpha value is -1.20. The van der Waals surface area contributed by atoms with E-state index in [1.165, 1.54) is 5.56 Å². The van der Waals surface area contributed by atoms with E-state index in [0.717, 1.165) is 38.7 Å². The number of nitrogens with zero attached hydrogens (tertiary/aromatic N) is 4. The molecule has 1 aromatic heterocycles. The zero-order valence-electron chi connectivity index (χ0n) is 13.0. The van der Waals surface area contributed by atoms with Crippen molar-refractivity contribution in [2.75, 3.05) is 51.8 Å². The topological polar surface area (TPSA) is 41.5 Å². The number of ether oxygens (including phenoxy) is 1. The van der Waals surface area contributed by atoms with Crippen molar-refractivity contribution in [3.63, 3.8) is 0 Å². The first-order chi connectivity index (χ1) is 9.58. The predicted octanol–water partition coefficient (Wildman–Crippen LogP) is 1.61. The van der Waals surface area contributed by atoms with Crippen LogP contribution in [0.5, 0.6) is 0 Å². The molecule has 0 aliphatic carbocycles. The molecule has 1 saturated heterocycles. The molecule has 1 aromatic rings. The maximum Gasteiger partial charge on any atom is 0.135 e. The molecule has 5 heteroatoms. The van der Waals surface area contributed by atoms with E-state index < -0.39 is 0 Å². The van der Waals surface area contributed by atoms with Crippen LogP contribution in [0.25, 0.3) is 0 Å². The lowest BCUT2D eigenvalue weighted by molar-refractivity contribution is 0.113. The number of rotatable bonds is 4. The Bertz CT molecular complexity index is 422. The van der Waals surface area contributed by atoms with Crippen LogP contribution in [0.3, 0.4) is 0 Å². The Morgan fingerprint density at radius 2 is 2.25 bits per heavy atom. The number of aromatic nitrogens is 2. The van der Waals surface area contributed by atoms with E-state index in [1.807, 2.05) is 6.20 Å². The zero-order chi connectivity index (χ0) is 14.5. The van der Waals surface area contributed by atoms with Crippen molar-refractivity contribution >= 4 is 5.82 Å². The van der Waals surface area contributed by atoms with Crippen LogP contribution >= 0.6 is 0 Å². The van der Waals surface area contributed by atoms with Gasteiger partial charge < -0.3 is 14.5 Å². The third kappa shape index (κ3) is 3.90. The lowest BCUT2D eigenvalue weighted by atomic mass is 10.0. The molecule has 0 amide bonds. The Morgan fingerprint density at radius 3 is 2.95 bits per heavy atom. The third-order valence-corrected chi connectivity index (χ3v) is 3.60. The summed E-state index contributed by atoms with van der Waals surface area (Å²) < 4.78 is 5.75. The molecule has 5 nitrogen and oxygen atoms in total. The average molecular weight is 278 g/mol. The highest BCUT2D eigenvalue weighted by molar-refractivity contribution is 5.47. The van der Waals surface area contributed by atoms with E-state index in [-0.39, 0.29) is 0 Å². The van der Waals surface area contributed by atoms with Gasteiger partial charge in [-0.15, -0.1) is 0 Å². The fraction of sp³-hybridized carbons (Fsp3) is 0.733. The molecule has 0 aromatic carbocycles. The largest absolute Gasteiger partial charge is 0.379 e. The Kier molecular flexibility index (Phi) is 5.31. The van der Waals surface area contributed by atoms with Crippen molar-refractivity contribution in [1.82, 2.24) is 14.9 Å². The molecular weight excluding hydrogens is 252 g/mol. The summed E-state index contributed by atoms with van der Waals surface area (Å²) in [7, 11) is 4.22. The van der Waals surface area contributed by atoms with Gasteiger partial charge in [0.15, 0.2) is 0 Å². The summed E-state index contributed by atoms with van der Waals surface area (Å²) in [5.74, 6) is 2.02. The van der Waals surface area contributed by atoms with Crippen molar-refractivity contribution in [2.45, 2.75) is 19.8 Å². The van der Waals surface area contributed by atoms with E-state index in [0.29, 0.717) is 11.8 Å². The van der Waals surface area contributed by atoms with E-state index in [9.17, 15) is 0 Å². The van der Waals surface area contributed by atoms with Gasteiger partial charge in [-0.05, 0) is 20.0 Å². The summed E-state index contributed by atoms with van der Waals surface area (Å²) >= 11 is 0. The van der Waals surface area contributed by atoms with Crippen LogP contribution in [0, 0.1) is 5.92 Å². The van der Waals surface area contributed by atoms with Crippen LogP contribution in [-0.4, -0.2) is 61.8 Å². The minimum Gasteiger partial charge on any atom is -0.379 e. The summed E-state index contributed by atoms with van der Waals surface area (Å²) in [5, 5.41) is 0. The fourth-order valence-electron chi connectivity index (χ4n) is 2.71. The zero-order valence-corrected chi connectivity index (χ0v) is 13.0. The predicted molar refractivity (Wildman–Crippen MR) is 81.2 cm³/mol. The molecule has 0 N–H and O–H groups in total. The molecule has 1 aliphatic heterocycles. The number of anilines is 1. The SMILES string of the molecule is CC(C)c1cncnc1N1CCOCC(CN(C)C)C1. The van der Waals surface area contributed by atoms with Gasteiger partial charge in [0.1, 0.15) is 12.1 Å². The molecule has 112 valence electrons. The molecule has 1 fully saturated rings. The van der Waals surface area contributed by atoms with Crippen LogP contribution < -0.4 is 4.90 Å². The van der Waals surface area contributed by atoms with Crippen LogP contribution in [0.4, 0.5) is 5.82 Å². The van der Waals surface area contributed by atoms with Gasteiger partial charge in [0.2, 0.25) is 0 Å². The van der Waals surface area contributed by atoms with E-state index >= 15 is 0 Å². The van der Waals surface area contributed by atoms with Crippen molar-refractivity contribution in [3.8, 4) is 0 Å². The first-order valence-electron chi connectivity index (χ1n) is 7.35. The summed E-state index contributed by atoms with van der Waals surface area (Å²) in [5.41, 5.74) is 1.22. The Balaban J connectivity index is 2.17. The first kappa shape index (κ1) is 15.2. The van der Waals surface area contributed by atoms with Gasteiger partial charge in [0.05, 0.1) is 13.2 Å². The summed E-state index contributed by atoms with van der Waals surface area (Å²) in [4.78, 5) is 13.3. The highest BCUT2D eigenvalue weighted by Crippen LogP contribution is 2.25. The van der Waals surface area contributed by atoms with Gasteiger partial charge in [0, 0.05) is 37.3 Å². The second kappa shape index (κ2) is 6.99. The first-order valence-corrected chi connectivity index (χ1v) is 7.35. The molecule has 1 atom stereocenters. The lowest BCUT2D eigenvalue weighted by Crippen LogP contribution is -2.35. The summed E-state index contributed by atoms with van der Waals surface area (Å²) in [6, 6.07) is 0. The Morgan fingerprint density at radius 1 is 1.45 bits per heavy atom. The monoisotopic (exact) mass is 278 g/mol. The molecule has 20 heavy (non-hydrogen) atoms. The van der Waals surface area contributed by atoms with Crippen molar-refractivity contribution in [2.24, 2.45) is 5.92 Å². The number of hydrogen-bond donors (Lipinski definition) is 0. The molecule has 1 unspecified atom stereocenters. The summed E-state index contributed by atoms with van der Waals surface area (Å²) in [6.45, 7) is 8.91. The molecule has 1 aliphatic rings. The highest BCUT2D eigenvalue weighted by atomic mass is 16.5. The highest BCUT2D eigenvalue weighted by Gasteiger charge is 2.22. The van der Waals surface area contributed by atoms with Crippen LogP contribution in [0.2, 0.25) is 0 Å². The van der Waals surface area contributed by atoms with Crippen molar-refractivity contribution < 1.29 is 4.74 Å². The quantitative estimate of drug-likeness (QED) is 0.837. The second-order valence-corrected chi connectivity index (χ2v) is 6.11. The maximum atomic E-state index is 5.75. The normalized spacial score (nSPS) is 20.5. The van der Waals surface area contributed by atoms with Gasteiger partial charge in [-0.1, -0.05) is 13.8 Å². The van der Waals surface area contributed by atoms with E-state index in [4.69, 9.17) is 4.74 Å². The molecule has 0 radical (unpaired) electrons. The van der Waals surface area contributed by atoms with Crippen molar-refractivity contribution in [1.29, 1.82) is 0 Å². The van der Waals surface area contributed by atoms with Crippen molar-refractivity contribution in [3.05, 3.63) is 18.1 Å². The molecule has 2 heterocycles. The molecule has 0 bridgehead atoms. The summed E-state index contributed by atoms with van der Waals surface area (Å²) in [6.07, 6.45) is 3.59. The lowest BCUT2D eigenvalue weighted by Gasteiger charge is -2.28. The third-order valence-electron chi connectivity index (χ3n) is 3.60. The standard InChI is InChI=1S/C15H26N4O/c1-12(2)14-7-16-11-17-15(14)19-5-6-20-10-13(9-19)8-18(3)4/h7,11-13H,5-6,8-10H2,1-4H3. The van der Waals surface area contributed by atoms with Crippen LogP contribution in [0.1, 0.15) is 25.3 Å². The van der Waals surface area contributed by atoms with Gasteiger partial charge >= 0.3 is 0 Å². The van der Waals surface area contributed by atoms with Gasteiger partial charge in [-0.2, -0.15) is 0 Å². The van der Waals surface area contributed by atoms with Gasteiger partial charge in [-0.25, -0.2) is 9.97 Å². The minimum atomic E-state index is 0.433. The maximum absolute atomic E-state index is 5.75.